The number of ether oxygens (including phenoxy) is 1. The molecule has 0 aliphatic carbocycles. The normalized spacial score (nSPS) is 17.6. The maximum absolute atomic E-state index is 12.6. The van der Waals surface area contributed by atoms with E-state index in [0.717, 1.165) is 7.11 Å². The van der Waals surface area contributed by atoms with Gasteiger partial charge in [-0.15, -0.1) is 0 Å². The number of nitrogens with zero attached hydrogens (tertiary/aromatic N) is 1. The van der Waals surface area contributed by atoms with E-state index in [2.05, 4.69) is 10.1 Å². The summed E-state index contributed by atoms with van der Waals surface area (Å²) in [5.74, 6) is -3.27. The Labute approximate surface area is 177 Å². The lowest BCUT2D eigenvalue weighted by molar-refractivity contribution is -0.119. The first-order valence-electron chi connectivity index (χ1n) is 8.64. The molecule has 1 aliphatic heterocycles. The number of sulfonamides is 1. The average Bonchev–Trinajstić information content (AvgIpc) is 2.89. The highest BCUT2D eigenvalue weighted by Gasteiger charge is 2.42. The third kappa shape index (κ3) is 3.96. The highest BCUT2D eigenvalue weighted by atomic mass is 35.5. The Morgan fingerprint density at radius 2 is 1.90 bits per heavy atom. The number of aromatic hydroxyl groups is 1. The minimum absolute atomic E-state index is 0.0187. The Bertz CT molecular complexity index is 1160. The van der Waals surface area contributed by atoms with Crippen LogP contribution in [0.1, 0.15) is 27.6 Å². The summed E-state index contributed by atoms with van der Waals surface area (Å²) in [7, 11) is -2.65. The van der Waals surface area contributed by atoms with E-state index >= 15 is 0 Å². The van der Waals surface area contributed by atoms with Crippen LogP contribution in [-0.2, 0) is 19.6 Å². The number of halogens is 1. The topological polar surface area (TPSA) is 130 Å². The minimum atomic E-state index is -3.80. The van der Waals surface area contributed by atoms with Crippen LogP contribution in [0.2, 0.25) is 5.02 Å². The number of phenols is 1. The summed E-state index contributed by atoms with van der Waals surface area (Å²) in [6.07, 6.45) is 0. The van der Waals surface area contributed by atoms with Crippen molar-refractivity contribution in [2.75, 3.05) is 22.5 Å². The van der Waals surface area contributed by atoms with E-state index in [9.17, 15) is 27.9 Å². The summed E-state index contributed by atoms with van der Waals surface area (Å²) < 4.78 is 29.7. The molecule has 3 rings (SSSR count). The third-order valence-corrected chi connectivity index (χ3v) is 6.63. The zero-order valence-corrected chi connectivity index (χ0v) is 17.5. The van der Waals surface area contributed by atoms with Crippen molar-refractivity contribution in [3.05, 3.63) is 52.5 Å². The molecule has 1 unspecified atom stereocenters. The number of nitrogens with one attached hydrogen (secondary N) is 1. The Morgan fingerprint density at radius 1 is 1.20 bits per heavy atom. The number of rotatable bonds is 4. The lowest BCUT2D eigenvalue weighted by Gasteiger charge is -2.16. The highest BCUT2D eigenvalue weighted by molar-refractivity contribution is 7.94. The number of methoxy groups -OCH3 is 1. The highest BCUT2D eigenvalue weighted by Crippen LogP contribution is 2.32. The Balaban J connectivity index is 1.87. The van der Waals surface area contributed by atoms with Gasteiger partial charge in [0.25, 0.3) is 5.91 Å². The zero-order valence-electron chi connectivity index (χ0n) is 15.9. The predicted octanol–water partition coefficient (Wildman–Crippen LogP) is 2.40. The molecule has 30 heavy (non-hydrogen) atoms. The van der Waals surface area contributed by atoms with Crippen LogP contribution >= 0.6 is 11.6 Å². The van der Waals surface area contributed by atoms with E-state index in [-0.39, 0.29) is 39.0 Å². The molecule has 1 atom stereocenters. The summed E-state index contributed by atoms with van der Waals surface area (Å²) in [6, 6.07) is 7.65. The molecule has 1 aliphatic rings. The summed E-state index contributed by atoms with van der Waals surface area (Å²) in [4.78, 5) is 36.4. The lowest BCUT2D eigenvalue weighted by atomic mass is 10.1. The van der Waals surface area contributed by atoms with E-state index < -0.39 is 33.7 Å². The van der Waals surface area contributed by atoms with Crippen molar-refractivity contribution >= 4 is 50.8 Å². The molecule has 2 amide bonds. The first kappa shape index (κ1) is 21.6. The number of hydrogen-bond acceptors (Lipinski definition) is 7. The van der Waals surface area contributed by atoms with Gasteiger partial charge in [0.15, 0.2) is 0 Å². The first-order chi connectivity index (χ1) is 14.0. The number of esters is 1. The van der Waals surface area contributed by atoms with Crippen LogP contribution in [0.4, 0.5) is 11.4 Å². The number of carbonyl (C=O) groups excluding carboxylic acids is 3. The number of hydrogen-bond donors (Lipinski definition) is 2. The van der Waals surface area contributed by atoms with Gasteiger partial charge in [-0.3, -0.25) is 9.59 Å². The van der Waals surface area contributed by atoms with Crippen molar-refractivity contribution in [1.29, 1.82) is 0 Å². The molecule has 1 fully saturated rings. The molecule has 158 valence electrons. The molecule has 11 heteroatoms. The molecular formula is C19H17ClN2O7S. The van der Waals surface area contributed by atoms with Crippen molar-refractivity contribution < 1.29 is 32.6 Å². The fourth-order valence-corrected chi connectivity index (χ4v) is 5.06. The monoisotopic (exact) mass is 452 g/mol. The molecule has 1 heterocycles. The van der Waals surface area contributed by atoms with Gasteiger partial charge in [-0.25, -0.2) is 17.5 Å². The van der Waals surface area contributed by atoms with E-state index in [1.807, 2.05) is 0 Å². The Hall–Kier alpha value is -3.11. The predicted molar refractivity (Wildman–Crippen MR) is 109 cm³/mol. The molecule has 2 N–H and O–H groups in total. The average molecular weight is 453 g/mol. The van der Waals surface area contributed by atoms with Gasteiger partial charge >= 0.3 is 5.97 Å². The summed E-state index contributed by atoms with van der Waals surface area (Å²) in [5, 5.41) is 12.2. The minimum Gasteiger partial charge on any atom is -0.507 e. The molecule has 2 aromatic rings. The van der Waals surface area contributed by atoms with Crippen LogP contribution in [0.3, 0.4) is 0 Å². The van der Waals surface area contributed by atoms with E-state index in [1.165, 1.54) is 43.3 Å². The summed E-state index contributed by atoms with van der Waals surface area (Å²) in [6.45, 7) is 1.52. The molecule has 1 saturated heterocycles. The van der Waals surface area contributed by atoms with Gasteiger partial charge in [-0.2, -0.15) is 0 Å². The van der Waals surface area contributed by atoms with Gasteiger partial charge in [0.2, 0.25) is 15.9 Å². The number of anilines is 2. The van der Waals surface area contributed by atoms with Gasteiger partial charge in [0, 0.05) is 5.69 Å². The SMILES string of the molecule is COC(=O)c1cc(NC(=O)c2ccc(N3C(=O)C(C)CS3(=O)=O)cc2Cl)ccc1O. The fourth-order valence-electron chi connectivity index (χ4n) is 2.99. The quantitative estimate of drug-likeness (QED) is 0.538. The molecule has 0 radical (unpaired) electrons. The van der Waals surface area contributed by atoms with E-state index in [0.29, 0.717) is 4.31 Å². The van der Waals surface area contributed by atoms with Crippen molar-refractivity contribution in [2.24, 2.45) is 5.92 Å². The summed E-state index contributed by atoms with van der Waals surface area (Å²) >= 11 is 6.17. The number of carbonyl (C=O) groups is 3. The standard InChI is InChI=1S/C19H17ClN2O7S/c1-10-9-30(27,28)22(18(10)25)12-4-5-13(15(20)8-12)17(24)21-11-3-6-16(23)14(7-11)19(26)29-2/h3-8,10,23H,9H2,1-2H3,(H,21,24). The van der Waals surface area contributed by atoms with Gasteiger partial charge in [-0.05, 0) is 36.4 Å². The second-order valence-corrected chi connectivity index (χ2v) is 8.89. The molecule has 2 aromatic carbocycles. The largest absolute Gasteiger partial charge is 0.507 e. The van der Waals surface area contributed by atoms with Gasteiger partial charge < -0.3 is 15.2 Å². The number of amides is 2. The molecule has 0 bridgehead atoms. The van der Waals surface area contributed by atoms with Crippen LogP contribution in [0.25, 0.3) is 0 Å². The Morgan fingerprint density at radius 3 is 2.47 bits per heavy atom. The van der Waals surface area contributed by atoms with Gasteiger partial charge in [0.05, 0.1) is 35.1 Å². The van der Waals surface area contributed by atoms with Crippen LogP contribution in [0.15, 0.2) is 36.4 Å². The molecule has 0 aromatic heterocycles. The zero-order chi connectivity index (χ0) is 22.2. The van der Waals surface area contributed by atoms with E-state index in [4.69, 9.17) is 11.6 Å². The molecule has 9 nitrogen and oxygen atoms in total. The third-order valence-electron chi connectivity index (χ3n) is 4.45. The smallest absolute Gasteiger partial charge is 0.341 e. The first-order valence-corrected chi connectivity index (χ1v) is 10.6. The Kier molecular flexibility index (Phi) is 5.73. The molecule has 0 saturated carbocycles. The van der Waals surface area contributed by atoms with Gasteiger partial charge in [-0.1, -0.05) is 18.5 Å². The molecule has 0 spiro atoms. The molecular weight excluding hydrogens is 436 g/mol. The van der Waals surface area contributed by atoms with Crippen LogP contribution < -0.4 is 9.62 Å². The van der Waals surface area contributed by atoms with Crippen molar-refractivity contribution in [2.45, 2.75) is 6.92 Å². The van der Waals surface area contributed by atoms with Crippen LogP contribution in [0, 0.1) is 5.92 Å². The maximum Gasteiger partial charge on any atom is 0.341 e. The lowest BCUT2D eigenvalue weighted by Crippen LogP contribution is -2.30. The van der Waals surface area contributed by atoms with E-state index in [1.54, 1.807) is 0 Å². The second-order valence-electron chi connectivity index (χ2n) is 6.62. The van der Waals surface area contributed by atoms with Crippen molar-refractivity contribution in [3.8, 4) is 5.75 Å². The maximum atomic E-state index is 12.6. The second kappa shape index (κ2) is 7.96. The summed E-state index contributed by atoms with van der Waals surface area (Å²) in [5.41, 5.74) is 0.127. The van der Waals surface area contributed by atoms with Crippen LogP contribution in [0.5, 0.6) is 5.75 Å². The number of phenolic OH excluding ortho intramolecular Hbond substituents is 1. The van der Waals surface area contributed by atoms with Crippen LogP contribution in [-0.4, -0.2) is 44.2 Å². The van der Waals surface area contributed by atoms with Crippen molar-refractivity contribution in [3.63, 3.8) is 0 Å². The fraction of sp³-hybridized carbons (Fsp3) is 0.211. The number of benzene rings is 2. The van der Waals surface area contributed by atoms with Gasteiger partial charge in [0.1, 0.15) is 11.3 Å². The van der Waals surface area contributed by atoms with Crippen molar-refractivity contribution in [1.82, 2.24) is 0 Å².